The lowest BCUT2D eigenvalue weighted by Gasteiger charge is -2.35. The molecule has 1 aliphatic heterocycles. The van der Waals surface area contributed by atoms with Gasteiger partial charge in [0.15, 0.2) is 0 Å². The van der Waals surface area contributed by atoms with Crippen molar-refractivity contribution in [2.24, 2.45) is 5.41 Å². The maximum absolute atomic E-state index is 14.1. The topological polar surface area (TPSA) is 153 Å². The van der Waals surface area contributed by atoms with Crippen molar-refractivity contribution in [3.8, 4) is 17.1 Å². The van der Waals surface area contributed by atoms with E-state index < -0.39 is 22.0 Å². The number of carbonyl (C=O) groups excluding carboxylic acids is 1. The first kappa shape index (κ1) is 29.9. The number of hydrogen-bond donors (Lipinski definition) is 2. The monoisotopic (exact) mass is 601 g/mol. The van der Waals surface area contributed by atoms with Crippen LogP contribution in [0.2, 0.25) is 0 Å². The molecule has 1 atom stereocenters. The second-order valence-corrected chi connectivity index (χ2v) is 13.6. The van der Waals surface area contributed by atoms with Crippen LogP contribution in [0.1, 0.15) is 54.5 Å². The summed E-state index contributed by atoms with van der Waals surface area (Å²) >= 11 is 0. The van der Waals surface area contributed by atoms with Gasteiger partial charge in [-0.2, -0.15) is 4.98 Å². The van der Waals surface area contributed by atoms with Crippen molar-refractivity contribution in [1.82, 2.24) is 24.8 Å². The van der Waals surface area contributed by atoms with E-state index in [1.54, 1.807) is 23.1 Å². The fraction of sp³-hybridized carbons (Fsp3) is 0.323. The van der Waals surface area contributed by atoms with Crippen LogP contribution in [0, 0.1) is 19.3 Å². The van der Waals surface area contributed by atoms with Crippen molar-refractivity contribution in [2.45, 2.75) is 58.5 Å². The summed E-state index contributed by atoms with van der Waals surface area (Å²) in [6, 6.07) is 14.6. The van der Waals surface area contributed by atoms with Crippen molar-refractivity contribution >= 4 is 27.7 Å². The van der Waals surface area contributed by atoms with Crippen LogP contribution in [0.3, 0.4) is 0 Å². The van der Waals surface area contributed by atoms with Crippen LogP contribution < -0.4 is 15.2 Å². The summed E-state index contributed by atoms with van der Waals surface area (Å²) in [4.78, 5) is 33.3. The minimum absolute atomic E-state index is 0.0336. The minimum Gasteiger partial charge on any atom is -0.475 e. The number of benzene rings is 2. The molecule has 1 aliphatic rings. The number of nitrogen functional groups attached to an aromatic ring is 1. The number of nitrogens with one attached hydrogen (secondary N) is 1. The first-order chi connectivity index (χ1) is 20.3. The number of aromatic nitrogens is 4. The van der Waals surface area contributed by atoms with E-state index in [0.717, 1.165) is 16.7 Å². The fourth-order valence-electron chi connectivity index (χ4n) is 5.19. The van der Waals surface area contributed by atoms with E-state index in [0.29, 0.717) is 17.9 Å². The largest absolute Gasteiger partial charge is 0.475 e. The van der Waals surface area contributed by atoms with Gasteiger partial charge in [-0.25, -0.2) is 28.1 Å². The Morgan fingerprint density at radius 1 is 1.02 bits per heavy atom. The normalized spacial score (nSPS) is 16.7. The third kappa shape index (κ3) is 6.91. The van der Waals surface area contributed by atoms with Crippen molar-refractivity contribution in [3.63, 3.8) is 0 Å². The van der Waals surface area contributed by atoms with Crippen LogP contribution in [0.5, 0.6) is 5.88 Å². The van der Waals surface area contributed by atoms with Gasteiger partial charge in [0.25, 0.3) is 15.9 Å². The molecule has 5 rings (SSSR count). The first-order valence-electron chi connectivity index (χ1n) is 13.9. The van der Waals surface area contributed by atoms with Crippen molar-refractivity contribution < 1.29 is 17.9 Å². The lowest BCUT2D eigenvalue weighted by atomic mass is 9.87. The average Bonchev–Trinajstić information content (AvgIpc) is 2.92. The number of nitrogens with zero attached hydrogens (tertiary/aromatic N) is 5. The number of carbonyl (C=O) groups is 1. The Bertz CT molecular complexity index is 1770. The molecule has 0 aliphatic carbocycles. The van der Waals surface area contributed by atoms with Crippen LogP contribution in [-0.2, 0) is 16.6 Å². The van der Waals surface area contributed by atoms with Gasteiger partial charge in [-0.3, -0.25) is 4.79 Å². The molecular weight excluding hydrogens is 566 g/mol. The molecule has 11 nitrogen and oxygen atoms in total. The molecule has 2 aromatic carbocycles. The Labute approximate surface area is 251 Å². The summed E-state index contributed by atoms with van der Waals surface area (Å²) in [5, 5.41) is 0. The average molecular weight is 602 g/mol. The van der Waals surface area contributed by atoms with E-state index in [9.17, 15) is 13.2 Å². The molecule has 0 fully saturated rings. The zero-order valence-electron chi connectivity index (χ0n) is 24.8. The van der Waals surface area contributed by atoms with Gasteiger partial charge in [0.1, 0.15) is 18.2 Å². The van der Waals surface area contributed by atoms with Gasteiger partial charge in [-0.1, -0.05) is 45.0 Å². The SMILES string of the molecule is Cc1cccc(C)c1-c1cc2nc(n1)NS(=O)(=O)c1cccc(c1)C(=O)N(Cc1nccc(N)n1)[C@H](CC(C)(C)C)CO2. The molecule has 4 aromatic rings. The lowest BCUT2D eigenvalue weighted by Crippen LogP contribution is -2.45. The van der Waals surface area contributed by atoms with Crippen LogP contribution in [0.4, 0.5) is 11.8 Å². The Hall–Kier alpha value is -4.58. The zero-order chi connectivity index (χ0) is 30.9. The third-order valence-corrected chi connectivity index (χ3v) is 8.39. The molecular formula is C31H35N7O4S. The van der Waals surface area contributed by atoms with Crippen molar-refractivity contribution in [1.29, 1.82) is 0 Å². The van der Waals surface area contributed by atoms with E-state index in [2.05, 4.69) is 45.4 Å². The first-order valence-corrected chi connectivity index (χ1v) is 15.4. The van der Waals surface area contributed by atoms with E-state index >= 15 is 0 Å². The molecule has 0 saturated carbocycles. The number of rotatable bonds is 4. The van der Waals surface area contributed by atoms with E-state index in [1.807, 2.05) is 32.0 Å². The standard InChI is InChI=1S/C31H35N7O4S/c1-19-8-6-9-20(2)28(19)24-15-27-36-30(34-24)37-43(40,41)23-11-7-10-21(14-23)29(39)38(17-26-33-13-12-25(32)35-26)22(18-42-27)16-31(3,4)5/h6-15,22H,16-18H2,1-5H3,(H2,32,33,35)(H,34,36,37)/t22-/m1/s1. The third-order valence-electron chi connectivity index (χ3n) is 7.07. The molecule has 224 valence electrons. The Morgan fingerprint density at radius 3 is 2.44 bits per heavy atom. The number of anilines is 2. The number of fused-ring (bicyclic) bond motifs is 4. The molecule has 12 heteroatoms. The van der Waals surface area contributed by atoms with Crippen LogP contribution >= 0.6 is 0 Å². The number of hydrogen-bond acceptors (Lipinski definition) is 9. The molecule has 0 unspecified atom stereocenters. The Morgan fingerprint density at radius 2 is 1.74 bits per heavy atom. The number of aryl methyl sites for hydroxylation is 2. The Kier molecular flexibility index (Phi) is 8.06. The summed E-state index contributed by atoms with van der Waals surface area (Å²) in [7, 11) is -4.17. The second kappa shape index (κ2) is 11.6. The quantitative estimate of drug-likeness (QED) is 0.337. The second-order valence-electron chi connectivity index (χ2n) is 11.9. The Balaban J connectivity index is 1.68. The molecule has 43 heavy (non-hydrogen) atoms. The molecule has 3 heterocycles. The molecule has 0 radical (unpaired) electrons. The molecule has 1 amide bonds. The summed E-state index contributed by atoms with van der Waals surface area (Å²) in [6.07, 6.45) is 2.09. The molecule has 0 spiro atoms. The van der Waals surface area contributed by atoms with E-state index in [-0.39, 0.29) is 46.7 Å². The van der Waals surface area contributed by atoms with Gasteiger partial charge >= 0.3 is 0 Å². The van der Waals surface area contributed by atoms with Crippen molar-refractivity contribution in [3.05, 3.63) is 83.3 Å². The fourth-order valence-corrected chi connectivity index (χ4v) is 6.18. The summed E-state index contributed by atoms with van der Waals surface area (Å²) in [5.74, 6) is 0.266. The molecule has 2 aromatic heterocycles. The van der Waals surface area contributed by atoms with Crippen LogP contribution in [-0.4, -0.2) is 51.8 Å². The summed E-state index contributed by atoms with van der Waals surface area (Å²) in [5.41, 5.74) is 9.20. The number of ether oxygens (including phenoxy) is 1. The van der Waals surface area contributed by atoms with Gasteiger partial charge in [-0.05, 0) is 61.1 Å². The maximum atomic E-state index is 14.1. The van der Waals surface area contributed by atoms with Gasteiger partial charge in [-0.15, -0.1) is 0 Å². The zero-order valence-corrected chi connectivity index (χ0v) is 25.6. The highest BCUT2D eigenvalue weighted by atomic mass is 32.2. The summed E-state index contributed by atoms with van der Waals surface area (Å²) < 4.78 is 35.8. The van der Waals surface area contributed by atoms with E-state index in [4.69, 9.17) is 10.5 Å². The predicted molar refractivity (Wildman–Crippen MR) is 164 cm³/mol. The van der Waals surface area contributed by atoms with Gasteiger partial charge < -0.3 is 15.4 Å². The van der Waals surface area contributed by atoms with Gasteiger partial charge in [0, 0.05) is 23.4 Å². The molecule has 4 bridgehead atoms. The van der Waals surface area contributed by atoms with E-state index in [1.165, 1.54) is 24.4 Å². The highest BCUT2D eigenvalue weighted by Crippen LogP contribution is 2.31. The van der Waals surface area contributed by atoms with Crippen LogP contribution in [0.25, 0.3) is 11.3 Å². The number of amides is 1. The highest BCUT2D eigenvalue weighted by Gasteiger charge is 2.32. The number of nitrogens with two attached hydrogens (primary N) is 1. The van der Waals surface area contributed by atoms with Crippen LogP contribution in [0.15, 0.2) is 65.7 Å². The minimum atomic E-state index is -4.17. The van der Waals surface area contributed by atoms with Crippen molar-refractivity contribution in [2.75, 3.05) is 17.1 Å². The molecule has 3 N–H and O–H groups in total. The van der Waals surface area contributed by atoms with Gasteiger partial charge in [0.05, 0.1) is 23.2 Å². The number of sulfonamides is 1. The predicted octanol–water partition coefficient (Wildman–Crippen LogP) is 4.77. The molecule has 0 saturated heterocycles. The lowest BCUT2D eigenvalue weighted by molar-refractivity contribution is 0.0505. The van der Waals surface area contributed by atoms with Gasteiger partial charge in [0.2, 0.25) is 11.8 Å². The summed E-state index contributed by atoms with van der Waals surface area (Å²) in [6.45, 7) is 10.3. The maximum Gasteiger partial charge on any atom is 0.264 e. The smallest absolute Gasteiger partial charge is 0.264 e. The highest BCUT2D eigenvalue weighted by molar-refractivity contribution is 7.92.